The summed E-state index contributed by atoms with van der Waals surface area (Å²) in [5.41, 5.74) is 2.92. The van der Waals surface area contributed by atoms with Crippen molar-refractivity contribution in [1.29, 1.82) is 0 Å². The smallest absolute Gasteiger partial charge is 0.227 e. The van der Waals surface area contributed by atoms with Crippen molar-refractivity contribution in [3.05, 3.63) is 34.7 Å². The maximum absolute atomic E-state index is 11.9. The first kappa shape index (κ1) is 13.3. The second-order valence-corrected chi connectivity index (χ2v) is 6.12. The van der Waals surface area contributed by atoms with Gasteiger partial charge in [-0.25, -0.2) is 4.98 Å². The van der Waals surface area contributed by atoms with Crippen LogP contribution in [0.2, 0.25) is 0 Å². The summed E-state index contributed by atoms with van der Waals surface area (Å²) in [4.78, 5) is 18.1. The highest BCUT2D eigenvalue weighted by Gasteiger charge is 2.29. The average molecular weight is 288 g/mol. The van der Waals surface area contributed by atoms with Crippen LogP contribution in [0.4, 0.5) is 5.69 Å². The predicted molar refractivity (Wildman–Crippen MR) is 79.8 cm³/mol. The van der Waals surface area contributed by atoms with Gasteiger partial charge >= 0.3 is 0 Å². The molecule has 0 radical (unpaired) electrons. The van der Waals surface area contributed by atoms with Crippen molar-refractivity contribution in [2.24, 2.45) is 5.92 Å². The summed E-state index contributed by atoms with van der Waals surface area (Å²) in [6.07, 6.45) is 0.434. The van der Waals surface area contributed by atoms with Gasteiger partial charge in [0.05, 0.1) is 10.7 Å². The first-order chi connectivity index (χ1) is 9.67. The number of amides is 1. The van der Waals surface area contributed by atoms with Gasteiger partial charge in [0.1, 0.15) is 0 Å². The van der Waals surface area contributed by atoms with E-state index in [1.165, 1.54) is 0 Å². The molecule has 2 aromatic rings. The minimum Gasteiger partial charge on any atom is -0.396 e. The number of benzene rings is 1. The molecule has 0 aliphatic carbocycles. The number of rotatable bonds is 3. The Morgan fingerprint density at radius 1 is 1.40 bits per heavy atom. The Bertz CT molecular complexity index is 621. The normalized spacial score (nSPS) is 18.8. The topological polar surface area (TPSA) is 53.4 Å². The molecule has 20 heavy (non-hydrogen) atoms. The third-order valence-electron chi connectivity index (χ3n) is 3.56. The summed E-state index contributed by atoms with van der Waals surface area (Å²) in [7, 11) is 0. The number of hydrogen-bond donors (Lipinski definition) is 1. The van der Waals surface area contributed by atoms with Gasteiger partial charge in [0.15, 0.2) is 0 Å². The van der Waals surface area contributed by atoms with Crippen molar-refractivity contribution in [1.82, 2.24) is 4.98 Å². The van der Waals surface area contributed by atoms with Crippen molar-refractivity contribution in [3.63, 3.8) is 0 Å². The molecule has 3 rings (SSSR count). The Balaban J connectivity index is 1.81. The number of carbonyl (C=O) groups is 1. The molecule has 1 aromatic heterocycles. The first-order valence-corrected chi connectivity index (χ1v) is 7.49. The molecule has 5 heteroatoms. The molecule has 4 nitrogen and oxygen atoms in total. The van der Waals surface area contributed by atoms with Gasteiger partial charge in [-0.05, 0) is 19.1 Å². The molecular formula is C15H16N2O2S. The number of carbonyl (C=O) groups excluding carboxylic acids is 1. The highest BCUT2D eigenvalue weighted by Crippen LogP contribution is 2.28. The van der Waals surface area contributed by atoms with Crippen molar-refractivity contribution < 1.29 is 9.90 Å². The number of anilines is 1. The number of aromatic nitrogens is 1. The van der Waals surface area contributed by atoms with Crippen LogP contribution in [-0.4, -0.2) is 29.1 Å². The third kappa shape index (κ3) is 2.46. The summed E-state index contributed by atoms with van der Waals surface area (Å²) in [6.45, 7) is 2.66. The van der Waals surface area contributed by atoms with E-state index in [2.05, 4.69) is 4.98 Å². The summed E-state index contributed by atoms with van der Waals surface area (Å²) in [5, 5.41) is 12.2. The molecule has 0 spiro atoms. The van der Waals surface area contributed by atoms with Crippen LogP contribution in [0.5, 0.6) is 0 Å². The molecule has 104 valence electrons. The number of aryl methyl sites for hydroxylation is 1. The Labute approximate surface area is 121 Å². The molecule has 1 atom stereocenters. The van der Waals surface area contributed by atoms with Crippen LogP contribution in [0, 0.1) is 12.8 Å². The van der Waals surface area contributed by atoms with Crippen LogP contribution in [0.1, 0.15) is 11.4 Å². The van der Waals surface area contributed by atoms with Crippen LogP contribution < -0.4 is 4.90 Å². The van der Waals surface area contributed by atoms with E-state index in [9.17, 15) is 4.79 Å². The van der Waals surface area contributed by atoms with Gasteiger partial charge in [0.25, 0.3) is 0 Å². The minimum atomic E-state index is 0.0587. The Kier molecular flexibility index (Phi) is 3.54. The number of hydrogen-bond acceptors (Lipinski definition) is 4. The molecule has 0 saturated carbocycles. The molecule has 1 aromatic carbocycles. The predicted octanol–water partition coefficient (Wildman–Crippen LogP) is 2.46. The largest absolute Gasteiger partial charge is 0.396 e. The van der Waals surface area contributed by atoms with Crippen LogP contribution in [0.25, 0.3) is 11.3 Å². The third-order valence-corrected chi connectivity index (χ3v) is 4.33. The zero-order valence-electron chi connectivity index (χ0n) is 11.2. The number of aliphatic hydroxyl groups is 1. The molecule has 1 amide bonds. The fourth-order valence-corrected chi connectivity index (χ4v) is 3.08. The monoisotopic (exact) mass is 288 g/mol. The zero-order chi connectivity index (χ0) is 14.1. The fraction of sp³-hybridized carbons (Fsp3) is 0.333. The molecule has 1 saturated heterocycles. The highest BCUT2D eigenvalue weighted by atomic mass is 32.1. The highest BCUT2D eigenvalue weighted by molar-refractivity contribution is 7.09. The van der Waals surface area contributed by atoms with Crippen molar-refractivity contribution in [3.8, 4) is 11.3 Å². The van der Waals surface area contributed by atoms with Gasteiger partial charge < -0.3 is 10.0 Å². The van der Waals surface area contributed by atoms with E-state index in [1.54, 1.807) is 16.2 Å². The van der Waals surface area contributed by atoms with E-state index in [4.69, 9.17) is 5.11 Å². The van der Waals surface area contributed by atoms with Crippen molar-refractivity contribution in [2.75, 3.05) is 18.1 Å². The molecule has 1 aliphatic heterocycles. The van der Waals surface area contributed by atoms with E-state index < -0.39 is 0 Å². The maximum Gasteiger partial charge on any atom is 0.227 e. The van der Waals surface area contributed by atoms with Crippen LogP contribution in [0.3, 0.4) is 0 Å². The van der Waals surface area contributed by atoms with Gasteiger partial charge in [0.2, 0.25) is 5.91 Å². The molecule has 1 N–H and O–H groups in total. The summed E-state index contributed by atoms with van der Waals surface area (Å²) >= 11 is 1.63. The average Bonchev–Trinajstić information content (AvgIpc) is 3.05. The Hall–Kier alpha value is -1.72. The van der Waals surface area contributed by atoms with Crippen LogP contribution in [-0.2, 0) is 4.79 Å². The van der Waals surface area contributed by atoms with E-state index in [0.29, 0.717) is 13.0 Å². The lowest BCUT2D eigenvalue weighted by Gasteiger charge is -2.16. The molecular weight excluding hydrogens is 272 g/mol. The van der Waals surface area contributed by atoms with Crippen LogP contribution in [0.15, 0.2) is 29.6 Å². The Morgan fingerprint density at radius 3 is 2.70 bits per heavy atom. The lowest BCUT2D eigenvalue weighted by atomic mass is 10.1. The molecule has 1 fully saturated rings. The second kappa shape index (κ2) is 5.34. The van der Waals surface area contributed by atoms with Gasteiger partial charge in [-0.3, -0.25) is 4.79 Å². The van der Waals surface area contributed by atoms with Gasteiger partial charge in [-0.15, -0.1) is 11.3 Å². The SMILES string of the molecule is Cc1nc(-c2ccc(N3CC(CO)CC3=O)cc2)cs1. The molecule has 0 bridgehead atoms. The van der Waals surface area contributed by atoms with Crippen LogP contribution >= 0.6 is 11.3 Å². The lowest BCUT2D eigenvalue weighted by Crippen LogP contribution is -2.24. The molecule has 1 unspecified atom stereocenters. The van der Waals surface area contributed by atoms with Gasteiger partial charge in [-0.1, -0.05) is 12.1 Å². The number of thiazole rings is 1. The van der Waals surface area contributed by atoms with Gasteiger partial charge in [-0.2, -0.15) is 0 Å². The van der Waals surface area contributed by atoms with Crippen molar-refractivity contribution >= 4 is 22.9 Å². The van der Waals surface area contributed by atoms with Crippen molar-refractivity contribution in [2.45, 2.75) is 13.3 Å². The van der Waals surface area contributed by atoms with E-state index >= 15 is 0 Å². The summed E-state index contributed by atoms with van der Waals surface area (Å²) in [6, 6.07) is 7.87. The van der Waals surface area contributed by atoms with E-state index in [1.807, 2.05) is 36.6 Å². The lowest BCUT2D eigenvalue weighted by molar-refractivity contribution is -0.117. The first-order valence-electron chi connectivity index (χ1n) is 6.61. The number of aliphatic hydroxyl groups excluding tert-OH is 1. The second-order valence-electron chi connectivity index (χ2n) is 5.06. The molecule has 2 heterocycles. The number of nitrogens with zero attached hydrogens (tertiary/aromatic N) is 2. The quantitative estimate of drug-likeness (QED) is 0.944. The Morgan fingerprint density at radius 2 is 2.15 bits per heavy atom. The van der Waals surface area contributed by atoms with E-state index in [0.717, 1.165) is 22.0 Å². The summed E-state index contributed by atoms with van der Waals surface area (Å²) < 4.78 is 0. The zero-order valence-corrected chi connectivity index (χ0v) is 12.1. The van der Waals surface area contributed by atoms with Gasteiger partial charge in [0, 0.05) is 42.1 Å². The molecule has 1 aliphatic rings. The van der Waals surface area contributed by atoms with E-state index in [-0.39, 0.29) is 18.4 Å². The fourth-order valence-electron chi connectivity index (χ4n) is 2.46. The standard InChI is InChI=1S/C15H16N2O2S/c1-10-16-14(9-20-10)12-2-4-13(5-3-12)17-7-11(8-18)6-15(17)19/h2-5,9,11,18H,6-8H2,1H3. The maximum atomic E-state index is 11.9. The summed E-state index contributed by atoms with van der Waals surface area (Å²) in [5.74, 6) is 0.143. The minimum absolute atomic E-state index is 0.0587.